The molecule has 0 radical (unpaired) electrons. The van der Waals surface area contributed by atoms with E-state index >= 15 is 0 Å². The van der Waals surface area contributed by atoms with Crippen LogP contribution in [0.2, 0.25) is 0 Å². The highest BCUT2D eigenvalue weighted by atomic mass is 16.7. The van der Waals surface area contributed by atoms with Crippen molar-refractivity contribution in [1.82, 2.24) is 20.4 Å². The first kappa shape index (κ1) is 26.0. The second-order valence-corrected chi connectivity index (χ2v) is 10.2. The molecule has 2 unspecified atom stereocenters. The van der Waals surface area contributed by atoms with Crippen LogP contribution in [0.25, 0.3) is 0 Å². The van der Waals surface area contributed by atoms with E-state index in [1.807, 2.05) is 28.1 Å². The van der Waals surface area contributed by atoms with Crippen molar-refractivity contribution in [3.05, 3.63) is 0 Å². The maximum Gasteiger partial charge on any atom is 0.324 e. The largest absolute Gasteiger partial charge is 0.348 e. The molecule has 180 valence electrons. The molecular weight excluding hydrogens is 396 g/mol. The molecule has 1 aliphatic carbocycles. The molecule has 0 aromatic carbocycles. The number of nitrogens with zero attached hydrogens (tertiary/aromatic N) is 2. The van der Waals surface area contributed by atoms with Gasteiger partial charge in [-0.15, -0.1) is 0 Å². The number of ether oxygens (including phenoxy) is 2. The van der Waals surface area contributed by atoms with E-state index in [0.29, 0.717) is 38.8 Å². The number of carbonyl (C=O) groups excluding carboxylic acids is 2. The zero-order valence-electron chi connectivity index (χ0n) is 20.5. The van der Waals surface area contributed by atoms with Gasteiger partial charge in [0, 0.05) is 39.0 Å². The molecule has 2 rings (SSSR count). The topological polar surface area (TPSA) is 83.1 Å². The average molecular weight is 441 g/mol. The van der Waals surface area contributed by atoms with Crippen molar-refractivity contribution in [2.24, 2.45) is 17.3 Å². The standard InChI is InChI=1S/C23H44N4O4/c1-7-27(21(29)25-16-22(2,3)17-26(5)6)20(28)19(15-24-4)13-18-9-8-10-23(14-18)30-11-12-31-23/h18-19,24H,7-17H2,1-6H3,(H,25,29). The van der Waals surface area contributed by atoms with Crippen LogP contribution in [0.1, 0.15) is 52.9 Å². The van der Waals surface area contributed by atoms with Crippen LogP contribution < -0.4 is 10.6 Å². The molecule has 0 aromatic rings. The SMILES string of the molecule is CCN(C(=O)NCC(C)(C)CN(C)C)C(=O)C(CNC)CC1CCCC2(C1)OCCO2. The van der Waals surface area contributed by atoms with E-state index < -0.39 is 5.79 Å². The van der Waals surface area contributed by atoms with Gasteiger partial charge >= 0.3 is 6.03 Å². The van der Waals surface area contributed by atoms with E-state index in [4.69, 9.17) is 9.47 Å². The van der Waals surface area contributed by atoms with Crippen LogP contribution in [-0.4, -0.2) is 88.1 Å². The van der Waals surface area contributed by atoms with Gasteiger partial charge in [-0.3, -0.25) is 9.69 Å². The van der Waals surface area contributed by atoms with Crippen LogP contribution in [-0.2, 0) is 14.3 Å². The smallest absolute Gasteiger partial charge is 0.324 e. The molecule has 1 spiro atoms. The van der Waals surface area contributed by atoms with Gasteiger partial charge in [-0.1, -0.05) is 20.3 Å². The summed E-state index contributed by atoms with van der Waals surface area (Å²) >= 11 is 0. The van der Waals surface area contributed by atoms with E-state index in [0.717, 1.165) is 38.6 Å². The Balaban J connectivity index is 1.98. The third-order valence-corrected chi connectivity index (χ3v) is 6.29. The summed E-state index contributed by atoms with van der Waals surface area (Å²) in [6, 6.07) is -0.303. The monoisotopic (exact) mass is 440 g/mol. The zero-order valence-corrected chi connectivity index (χ0v) is 20.5. The van der Waals surface area contributed by atoms with Crippen molar-refractivity contribution in [1.29, 1.82) is 0 Å². The Hall–Kier alpha value is -1.22. The van der Waals surface area contributed by atoms with Gasteiger partial charge in [-0.25, -0.2) is 4.79 Å². The summed E-state index contributed by atoms with van der Waals surface area (Å²) in [7, 11) is 5.89. The molecule has 1 heterocycles. The van der Waals surface area contributed by atoms with Crippen molar-refractivity contribution in [2.75, 3.05) is 60.5 Å². The van der Waals surface area contributed by atoms with Gasteiger partial charge in [0.25, 0.3) is 0 Å². The average Bonchev–Trinajstić information content (AvgIpc) is 3.13. The van der Waals surface area contributed by atoms with Crippen molar-refractivity contribution in [3.8, 4) is 0 Å². The van der Waals surface area contributed by atoms with Crippen LogP contribution in [0.3, 0.4) is 0 Å². The molecule has 2 aliphatic rings. The molecule has 31 heavy (non-hydrogen) atoms. The minimum Gasteiger partial charge on any atom is -0.348 e. The summed E-state index contributed by atoms with van der Waals surface area (Å²) < 4.78 is 11.8. The molecule has 8 heteroatoms. The summed E-state index contributed by atoms with van der Waals surface area (Å²) in [5.41, 5.74) is -0.0797. The van der Waals surface area contributed by atoms with Crippen LogP contribution in [0.15, 0.2) is 0 Å². The fourth-order valence-corrected chi connectivity index (χ4v) is 5.13. The zero-order chi connectivity index (χ0) is 23.1. The number of carbonyl (C=O) groups is 2. The van der Waals surface area contributed by atoms with Crippen molar-refractivity contribution in [2.45, 2.75) is 58.7 Å². The van der Waals surface area contributed by atoms with E-state index in [1.165, 1.54) is 4.90 Å². The predicted octanol–water partition coefficient (Wildman–Crippen LogP) is 2.29. The quantitative estimate of drug-likeness (QED) is 0.542. The normalized spacial score (nSPS) is 22.0. The lowest BCUT2D eigenvalue weighted by Crippen LogP contribution is -2.51. The van der Waals surface area contributed by atoms with Gasteiger partial charge in [-0.05, 0) is 52.2 Å². The lowest BCUT2D eigenvalue weighted by Gasteiger charge is -2.37. The number of rotatable bonds is 10. The minimum absolute atomic E-state index is 0.0797. The van der Waals surface area contributed by atoms with E-state index in [2.05, 4.69) is 29.4 Å². The Labute approximate surface area is 188 Å². The molecule has 8 nitrogen and oxygen atoms in total. The summed E-state index contributed by atoms with van der Waals surface area (Å²) in [6.45, 7) is 9.67. The van der Waals surface area contributed by atoms with Crippen LogP contribution in [0.5, 0.6) is 0 Å². The van der Waals surface area contributed by atoms with Gasteiger partial charge in [0.1, 0.15) is 0 Å². The molecule has 2 atom stereocenters. The van der Waals surface area contributed by atoms with E-state index in [9.17, 15) is 9.59 Å². The fraction of sp³-hybridized carbons (Fsp3) is 0.913. The van der Waals surface area contributed by atoms with Crippen molar-refractivity contribution < 1.29 is 19.1 Å². The van der Waals surface area contributed by atoms with Gasteiger partial charge in [0.15, 0.2) is 5.79 Å². The third kappa shape index (κ3) is 7.70. The highest BCUT2D eigenvalue weighted by Crippen LogP contribution is 2.41. The van der Waals surface area contributed by atoms with Gasteiger partial charge in [0.05, 0.1) is 19.1 Å². The molecule has 1 aliphatic heterocycles. The lowest BCUT2D eigenvalue weighted by atomic mass is 9.79. The second-order valence-electron chi connectivity index (χ2n) is 10.2. The Morgan fingerprint density at radius 2 is 1.90 bits per heavy atom. The summed E-state index contributed by atoms with van der Waals surface area (Å²) in [5.74, 6) is -0.440. The van der Waals surface area contributed by atoms with Gasteiger partial charge < -0.3 is 25.0 Å². The molecular formula is C23H44N4O4. The van der Waals surface area contributed by atoms with Crippen LogP contribution in [0, 0.1) is 17.3 Å². The number of nitrogens with one attached hydrogen (secondary N) is 2. The highest BCUT2D eigenvalue weighted by Gasteiger charge is 2.42. The Bertz CT molecular complexity index is 590. The Kier molecular flexibility index (Phi) is 9.73. The summed E-state index contributed by atoms with van der Waals surface area (Å²) in [6.07, 6.45) is 4.62. The molecule has 0 aromatic heterocycles. The molecule has 1 saturated carbocycles. The van der Waals surface area contributed by atoms with Crippen molar-refractivity contribution >= 4 is 11.9 Å². The van der Waals surface area contributed by atoms with E-state index in [-0.39, 0.29) is 23.3 Å². The van der Waals surface area contributed by atoms with Crippen molar-refractivity contribution in [3.63, 3.8) is 0 Å². The summed E-state index contributed by atoms with van der Waals surface area (Å²) in [5, 5.41) is 6.13. The predicted molar refractivity (Wildman–Crippen MR) is 122 cm³/mol. The highest BCUT2D eigenvalue weighted by molar-refractivity contribution is 5.95. The first-order valence-electron chi connectivity index (χ1n) is 11.8. The number of amides is 3. The molecule has 1 saturated heterocycles. The summed E-state index contributed by atoms with van der Waals surface area (Å²) in [4.78, 5) is 29.7. The molecule has 3 amide bonds. The Morgan fingerprint density at radius 3 is 2.48 bits per heavy atom. The number of hydrogen-bond acceptors (Lipinski definition) is 6. The van der Waals surface area contributed by atoms with Gasteiger partial charge in [0.2, 0.25) is 5.91 Å². The first-order chi connectivity index (χ1) is 14.6. The number of hydrogen-bond donors (Lipinski definition) is 2. The third-order valence-electron chi connectivity index (χ3n) is 6.29. The second kappa shape index (κ2) is 11.6. The first-order valence-corrected chi connectivity index (χ1v) is 11.8. The Morgan fingerprint density at radius 1 is 1.23 bits per heavy atom. The van der Waals surface area contributed by atoms with E-state index in [1.54, 1.807) is 0 Å². The van der Waals surface area contributed by atoms with Crippen LogP contribution in [0.4, 0.5) is 4.79 Å². The lowest BCUT2D eigenvalue weighted by molar-refractivity contribution is -0.188. The number of imide groups is 1. The molecule has 2 N–H and O–H groups in total. The van der Waals surface area contributed by atoms with Crippen LogP contribution >= 0.6 is 0 Å². The molecule has 2 fully saturated rings. The van der Waals surface area contributed by atoms with Gasteiger partial charge in [-0.2, -0.15) is 0 Å². The fourth-order valence-electron chi connectivity index (χ4n) is 5.13. The maximum atomic E-state index is 13.3. The number of urea groups is 1. The molecule has 0 bridgehead atoms. The minimum atomic E-state index is -0.448. The maximum absolute atomic E-state index is 13.3.